The van der Waals surface area contributed by atoms with Crippen LogP contribution in [0.2, 0.25) is 0 Å². The van der Waals surface area contributed by atoms with Gasteiger partial charge in [0, 0.05) is 25.4 Å². The van der Waals surface area contributed by atoms with Crippen LogP contribution in [0.4, 0.5) is 0 Å². The van der Waals surface area contributed by atoms with Crippen LogP contribution in [0.25, 0.3) is 0 Å². The number of nitrogens with zero attached hydrogens (tertiary/aromatic N) is 1. The second-order valence-corrected chi connectivity index (χ2v) is 4.97. The van der Waals surface area contributed by atoms with Crippen LogP contribution in [0.15, 0.2) is 0 Å². The summed E-state index contributed by atoms with van der Waals surface area (Å²) in [6.45, 7) is 4.03. The molecule has 3 unspecified atom stereocenters. The average molecular weight is 243 g/mol. The van der Waals surface area contributed by atoms with Crippen molar-refractivity contribution in [3.63, 3.8) is 0 Å². The highest BCUT2D eigenvalue weighted by molar-refractivity contribution is 5.87. The van der Waals surface area contributed by atoms with Crippen molar-refractivity contribution in [3.8, 4) is 0 Å². The van der Waals surface area contributed by atoms with E-state index in [4.69, 9.17) is 11.5 Å². The molecule has 6 heteroatoms. The van der Waals surface area contributed by atoms with Crippen LogP contribution in [0.5, 0.6) is 0 Å². The topological polar surface area (TPSA) is 110 Å². The van der Waals surface area contributed by atoms with Gasteiger partial charge in [-0.25, -0.2) is 0 Å². The van der Waals surface area contributed by atoms with Gasteiger partial charge >= 0.3 is 0 Å². The molecule has 1 saturated heterocycles. The van der Waals surface area contributed by atoms with Crippen LogP contribution in [-0.4, -0.2) is 46.6 Å². The summed E-state index contributed by atoms with van der Waals surface area (Å²) < 4.78 is 0. The zero-order valence-electron chi connectivity index (χ0n) is 10.3. The number of hydrogen-bond acceptors (Lipinski definition) is 4. The molecule has 1 aliphatic heterocycles. The summed E-state index contributed by atoms with van der Waals surface area (Å²) in [4.78, 5) is 24.5. The Hall–Kier alpha value is -1.14. The number of β-amino-alcohol motifs (C(OH)–C–C–N with tert-alkyl or cyclic N) is 1. The fourth-order valence-corrected chi connectivity index (χ4v) is 1.91. The van der Waals surface area contributed by atoms with Gasteiger partial charge in [0.05, 0.1) is 6.10 Å². The highest BCUT2D eigenvalue weighted by Gasteiger charge is 2.37. The Morgan fingerprint density at radius 1 is 1.47 bits per heavy atom. The molecule has 1 fully saturated rings. The first-order valence-electron chi connectivity index (χ1n) is 5.85. The molecule has 1 heterocycles. The van der Waals surface area contributed by atoms with E-state index >= 15 is 0 Å². The van der Waals surface area contributed by atoms with Crippen LogP contribution >= 0.6 is 0 Å². The summed E-state index contributed by atoms with van der Waals surface area (Å²) in [7, 11) is 0. The number of carbonyl (C=O) groups is 2. The van der Waals surface area contributed by atoms with Gasteiger partial charge in [-0.1, -0.05) is 13.8 Å². The molecule has 0 aliphatic carbocycles. The van der Waals surface area contributed by atoms with E-state index < -0.39 is 18.1 Å². The summed E-state index contributed by atoms with van der Waals surface area (Å²) in [5.41, 5.74) is 11.0. The van der Waals surface area contributed by atoms with Crippen molar-refractivity contribution < 1.29 is 14.7 Å². The predicted octanol–water partition coefficient (Wildman–Crippen LogP) is -1.19. The fourth-order valence-electron chi connectivity index (χ4n) is 1.91. The van der Waals surface area contributed by atoms with E-state index in [1.54, 1.807) is 0 Å². The van der Waals surface area contributed by atoms with Crippen molar-refractivity contribution in [1.82, 2.24) is 4.90 Å². The highest BCUT2D eigenvalue weighted by atomic mass is 16.3. The Labute approximate surface area is 101 Å². The molecule has 1 aliphatic rings. The quantitative estimate of drug-likeness (QED) is 0.576. The van der Waals surface area contributed by atoms with Gasteiger partial charge in [-0.05, 0) is 5.92 Å². The minimum absolute atomic E-state index is 0.164. The second-order valence-electron chi connectivity index (χ2n) is 4.97. The van der Waals surface area contributed by atoms with Crippen molar-refractivity contribution in [2.24, 2.45) is 17.4 Å². The number of likely N-dealkylation sites (tertiary alicyclic amines) is 1. The summed E-state index contributed by atoms with van der Waals surface area (Å²) >= 11 is 0. The molecule has 0 radical (unpaired) electrons. The molecule has 0 aromatic carbocycles. The third kappa shape index (κ3) is 3.41. The minimum atomic E-state index is -0.697. The van der Waals surface area contributed by atoms with E-state index in [0.29, 0.717) is 0 Å². The molecule has 0 aromatic rings. The molecule has 6 nitrogen and oxygen atoms in total. The number of hydrogen-bond donors (Lipinski definition) is 3. The minimum Gasteiger partial charge on any atom is -0.391 e. The third-order valence-corrected chi connectivity index (χ3v) is 3.19. The largest absolute Gasteiger partial charge is 0.391 e. The van der Waals surface area contributed by atoms with E-state index in [1.165, 1.54) is 4.90 Å². The molecule has 0 bridgehead atoms. The van der Waals surface area contributed by atoms with Crippen molar-refractivity contribution in [3.05, 3.63) is 0 Å². The first-order valence-corrected chi connectivity index (χ1v) is 5.85. The van der Waals surface area contributed by atoms with Crippen molar-refractivity contribution in [1.29, 1.82) is 0 Å². The summed E-state index contributed by atoms with van der Waals surface area (Å²) in [6.07, 6.45) is -0.279. The molecule has 0 aromatic heterocycles. The molecule has 17 heavy (non-hydrogen) atoms. The zero-order chi connectivity index (χ0) is 13.2. The monoisotopic (exact) mass is 243 g/mol. The van der Waals surface area contributed by atoms with Crippen LogP contribution in [0.1, 0.15) is 26.7 Å². The SMILES string of the molecule is CC(C)C(N)CC(=O)N1CC(O)CC1C(N)=O. The smallest absolute Gasteiger partial charge is 0.240 e. The van der Waals surface area contributed by atoms with E-state index in [-0.39, 0.29) is 37.3 Å². The maximum atomic E-state index is 11.9. The van der Waals surface area contributed by atoms with E-state index in [0.717, 1.165) is 0 Å². The molecule has 0 saturated carbocycles. The summed E-state index contributed by atoms with van der Waals surface area (Å²) in [5.74, 6) is -0.599. The standard InChI is InChI=1S/C11H21N3O3/c1-6(2)8(12)4-10(16)14-5-7(15)3-9(14)11(13)17/h6-9,15H,3-5,12H2,1-2H3,(H2,13,17). The second kappa shape index (κ2) is 5.46. The maximum Gasteiger partial charge on any atom is 0.240 e. The molecular weight excluding hydrogens is 222 g/mol. The Kier molecular flexibility index (Phi) is 4.47. The molecule has 1 rings (SSSR count). The van der Waals surface area contributed by atoms with Crippen LogP contribution in [0, 0.1) is 5.92 Å². The number of aliphatic hydroxyl groups is 1. The number of aliphatic hydroxyl groups excluding tert-OH is 1. The lowest BCUT2D eigenvalue weighted by molar-refractivity contribution is -0.137. The van der Waals surface area contributed by atoms with Gasteiger partial charge in [-0.2, -0.15) is 0 Å². The lowest BCUT2D eigenvalue weighted by Gasteiger charge is -2.24. The van der Waals surface area contributed by atoms with E-state index in [2.05, 4.69) is 0 Å². The summed E-state index contributed by atoms with van der Waals surface area (Å²) in [6, 6.07) is -0.939. The normalized spacial score (nSPS) is 26.3. The Balaban J connectivity index is 2.64. The van der Waals surface area contributed by atoms with E-state index in [9.17, 15) is 14.7 Å². The van der Waals surface area contributed by atoms with Crippen LogP contribution < -0.4 is 11.5 Å². The number of primary amides is 1. The van der Waals surface area contributed by atoms with Gasteiger partial charge in [-0.3, -0.25) is 9.59 Å². The van der Waals surface area contributed by atoms with Crippen molar-refractivity contribution in [2.75, 3.05) is 6.54 Å². The van der Waals surface area contributed by atoms with Gasteiger partial charge < -0.3 is 21.5 Å². The van der Waals surface area contributed by atoms with Gasteiger partial charge in [0.1, 0.15) is 6.04 Å². The van der Waals surface area contributed by atoms with E-state index in [1.807, 2.05) is 13.8 Å². The van der Waals surface area contributed by atoms with Gasteiger partial charge in [0.25, 0.3) is 0 Å². The van der Waals surface area contributed by atoms with Gasteiger partial charge in [-0.15, -0.1) is 0 Å². The first-order chi connectivity index (χ1) is 7.82. The molecule has 3 atom stereocenters. The molecule has 98 valence electrons. The highest BCUT2D eigenvalue weighted by Crippen LogP contribution is 2.19. The summed E-state index contributed by atoms with van der Waals surface area (Å²) in [5, 5.41) is 9.48. The predicted molar refractivity (Wildman–Crippen MR) is 62.7 cm³/mol. The molecule has 2 amide bonds. The fraction of sp³-hybridized carbons (Fsp3) is 0.818. The van der Waals surface area contributed by atoms with Crippen molar-refractivity contribution in [2.45, 2.75) is 44.9 Å². The van der Waals surface area contributed by atoms with Gasteiger partial charge in [0.15, 0.2) is 0 Å². The average Bonchev–Trinajstić information content (AvgIpc) is 2.60. The number of rotatable bonds is 4. The maximum absolute atomic E-state index is 11.9. The lowest BCUT2D eigenvalue weighted by atomic mass is 10.0. The van der Waals surface area contributed by atoms with Gasteiger partial charge in [0.2, 0.25) is 11.8 Å². The zero-order valence-corrected chi connectivity index (χ0v) is 10.3. The first kappa shape index (κ1) is 13.9. The third-order valence-electron chi connectivity index (χ3n) is 3.19. The van der Waals surface area contributed by atoms with Crippen LogP contribution in [0.3, 0.4) is 0 Å². The number of carbonyl (C=O) groups excluding carboxylic acids is 2. The molecule has 0 spiro atoms. The van der Waals surface area contributed by atoms with Crippen LogP contribution in [-0.2, 0) is 9.59 Å². The van der Waals surface area contributed by atoms with Crippen molar-refractivity contribution >= 4 is 11.8 Å². The molecular formula is C11H21N3O3. The Morgan fingerprint density at radius 2 is 2.06 bits per heavy atom. The Bertz CT molecular complexity index is 306. The lowest BCUT2D eigenvalue weighted by Crippen LogP contribution is -2.46. The Morgan fingerprint density at radius 3 is 2.53 bits per heavy atom. The molecule has 5 N–H and O–H groups in total. The number of nitrogens with two attached hydrogens (primary N) is 2. The number of amides is 2.